The van der Waals surface area contributed by atoms with Gasteiger partial charge in [0.25, 0.3) is 0 Å². The van der Waals surface area contributed by atoms with Crippen molar-refractivity contribution < 1.29 is 32.9 Å². The number of nitrogens with one attached hydrogen (secondary N) is 1. The average molecular weight is 491 g/mol. The normalized spacial score (nSPS) is 34.1. The Labute approximate surface area is 205 Å². The second-order valence-corrected chi connectivity index (χ2v) is 9.84. The van der Waals surface area contributed by atoms with Crippen molar-refractivity contribution in [3.05, 3.63) is 35.3 Å². The van der Waals surface area contributed by atoms with Gasteiger partial charge in [0.05, 0.1) is 63.7 Å². The number of carbonyl (C=O) groups excluding carboxylic acids is 1. The van der Waals surface area contributed by atoms with Crippen LogP contribution in [0.2, 0.25) is 0 Å². The molecule has 0 amide bonds. The largest absolute Gasteiger partial charge is 0.504 e. The van der Waals surface area contributed by atoms with E-state index in [1.807, 2.05) is 0 Å². The molecular weight excluding hydrogens is 455 g/mol. The van der Waals surface area contributed by atoms with E-state index in [9.17, 15) is 4.79 Å². The maximum atomic E-state index is 15.2. The van der Waals surface area contributed by atoms with Crippen molar-refractivity contribution in [2.45, 2.75) is 50.0 Å². The first-order chi connectivity index (χ1) is 17.0. The Bertz CT molecular complexity index is 1020. The number of hydrogen-bond donors (Lipinski definition) is 1. The zero-order valence-electron chi connectivity index (χ0n) is 20.9. The Balaban J connectivity index is 1.62. The van der Waals surface area contributed by atoms with Gasteiger partial charge in [0.15, 0.2) is 5.72 Å². The van der Waals surface area contributed by atoms with Crippen LogP contribution in [0.4, 0.5) is 10.1 Å². The highest BCUT2D eigenvalue weighted by atomic mass is 19.1. The predicted molar refractivity (Wildman–Crippen MR) is 126 cm³/mol. The monoisotopic (exact) mass is 490 g/mol. The number of piperidine rings is 2. The molecule has 0 aliphatic carbocycles. The summed E-state index contributed by atoms with van der Waals surface area (Å²) in [6, 6.07) is 2.90. The molecule has 35 heavy (non-hydrogen) atoms. The van der Waals surface area contributed by atoms with Gasteiger partial charge in [-0.25, -0.2) is 9.18 Å². The minimum absolute atomic E-state index is 0.100. The molecule has 192 valence electrons. The Hall–Kier alpha value is -2.36. The Morgan fingerprint density at radius 2 is 2.09 bits per heavy atom. The fraction of sp³-hybridized carbons (Fsp3) is 0.654. The van der Waals surface area contributed by atoms with Gasteiger partial charge in [-0.1, -0.05) is 13.3 Å². The summed E-state index contributed by atoms with van der Waals surface area (Å²) in [4.78, 5) is 15.2. The molecule has 0 aromatic heterocycles. The first kappa shape index (κ1) is 24.3. The van der Waals surface area contributed by atoms with Crippen molar-refractivity contribution in [3.8, 4) is 5.75 Å². The lowest BCUT2D eigenvalue weighted by molar-refractivity contribution is -0.297. The number of ether oxygens (including phenoxy) is 5. The number of halogens is 1. The molecule has 1 aromatic rings. The molecule has 1 aromatic carbocycles. The number of benzene rings is 1. The van der Waals surface area contributed by atoms with E-state index in [-0.39, 0.29) is 29.7 Å². The lowest BCUT2D eigenvalue weighted by atomic mass is 9.66. The second kappa shape index (κ2) is 9.26. The molecule has 4 aliphatic heterocycles. The van der Waals surface area contributed by atoms with Crippen LogP contribution in [0.1, 0.15) is 38.2 Å². The quantitative estimate of drug-likeness (QED) is 0.369. The molecule has 3 fully saturated rings. The van der Waals surface area contributed by atoms with E-state index < -0.39 is 11.3 Å². The third kappa shape index (κ3) is 3.46. The molecule has 0 radical (unpaired) electrons. The summed E-state index contributed by atoms with van der Waals surface area (Å²) in [5.74, 6) is -0.0141. The SMILES string of the molecule is CCC[C@@H]1CN2CC[C@@]34OCCO[C@@]3(Nc3c(F)ccc(OC)c34)[C@@H]2C[C@@H]1/C(=C\OC)C(=O)OC. The molecule has 9 heteroatoms. The third-order valence-corrected chi connectivity index (χ3v) is 8.31. The summed E-state index contributed by atoms with van der Waals surface area (Å²) in [5.41, 5.74) is -0.316. The topological polar surface area (TPSA) is 78.5 Å². The van der Waals surface area contributed by atoms with Gasteiger partial charge in [-0.2, -0.15) is 0 Å². The van der Waals surface area contributed by atoms with Crippen molar-refractivity contribution in [3.63, 3.8) is 0 Å². The lowest BCUT2D eigenvalue weighted by Gasteiger charge is -2.61. The molecule has 0 unspecified atom stereocenters. The van der Waals surface area contributed by atoms with Crippen LogP contribution >= 0.6 is 0 Å². The number of esters is 1. The highest BCUT2D eigenvalue weighted by Crippen LogP contribution is 2.62. The van der Waals surface area contributed by atoms with Gasteiger partial charge < -0.3 is 29.0 Å². The van der Waals surface area contributed by atoms with E-state index in [0.717, 1.165) is 25.9 Å². The maximum absolute atomic E-state index is 15.2. The number of rotatable bonds is 6. The molecule has 0 bridgehead atoms. The standard InChI is InChI=1S/C26H35FN2O6/c1-5-6-16-14-29-10-9-25-22-20(32-3)8-7-19(27)23(22)28-26(25,35-12-11-34-25)21(29)13-17(16)18(15-31-2)24(30)33-4/h7-8,15-17,21,28H,5-6,9-14H2,1-4H3/b18-15+/t16-,17+,21+,25+,26+/m1/s1. The number of carbonyl (C=O) groups is 1. The first-order valence-corrected chi connectivity index (χ1v) is 12.4. The van der Waals surface area contributed by atoms with Gasteiger partial charge in [-0.15, -0.1) is 0 Å². The summed E-state index contributed by atoms with van der Waals surface area (Å²) in [6.45, 7) is 4.51. The van der Waals surface area contributed by atoms with Crippen molar-refractivity contribution in [2.24, 2.45) is 11.8 Å². The van der Waals surface area contributed by atoms with Crippen LogP contribution in [-0.4, -0.2) is 70.3 Å². The molecule has 3 saturated heterocycles. The molecule has 5 atom stereocenters. The highest BCUT2D eigenvalue weighted by Gasteiger charge is 2.71. The third-order valence-electron chi connectivity index (χ3n) is 8.31. The number of hydrogen-bond acceptors (Lipinski definition) is 8. The van der Waals surface area contributed by atoms with E-state index in [1.165, 1.54) is 19.4 Å². The minimum Gasteiger partial charge on any atom is -0.504 e. The zero-order chi connectivity index (χ0) is 24.8. The van der Waals surface area contributed by atoms with Crippen LogP contribution in [0.25, 0.3) is 0 Å². The highest BCUT2D eigenvalue weighted by molar-refractivity contribution is 5.88. The van der Waals surface area contributed by atoms with Crippen LogP contribution in [0.3, 0.4) is 0 Å². The van der Waals surface area contributed by atoms with Crippen LogP contribution in [0.15, 0.2) is 24.0 Å². The summed E-state index contributed by atoms with van der Waals surface area (Å²) in [7, 11) is 4.52. The molecule has 4 aliphatic rings. The van der Waals surface area contributed by atoms with Crippen LogP contribution in [-0.2, 0) is 29.3 Å². The summed E-state index contributed by atoms with van der Waals surface area (Å²) >= 11 is 0. The van der Waals surface area contributed by atoms with Crippen molar-refractivity contribution in [2.75, 3.05) is 52.9 Å². The van der Waals surface area contributed by atoms with E-state index in [2.05, 4.69) is 17.1 Å². The van der Waals surface area contributed by atoms with Crippen LogP contribution in [0.5, 0.6) is 5.75 Å². The molecule has 5 rings (SSSR count). The van der Waals surface area contributed by atoms with Crippen LogP contribution < -0.4 is 10.1 Å². The van der Waals surface area contributed by atoms with E-state index in [4.69, 9.17) is 23.7 Å². The van der Waals surface area contributed by atoms with Crippen LogP contribution in [0, 0.1) is 17.7 Å². The molecule has 8 nitrogen and oxygen atoms in total. The molecule has 4 heterocycles. The van der Waals surface area contributed by atoms with Gasteiger partial charge in [-0.3, -0.25) is 4.90 Å². The average Bonchev–Trinajstić information content (AvgIpc) is 3.21. The lowest BCUT2D eigenvalue weighted by Crippen LogP contribution is -2.75. The van der Waals surface area contributed by atoms with E-state index in [0.29, 0.717) is 48.6 Å². The number of methoxy groups -OCH3 is 3. The van der Waals surface area contributed by atoms with Gasteiger partial charge in [0, 0.05) is 13.1 Å². The maximum Gasteiger partial charge on any atom is 0.337 e. The number of fused-ring (bicyclic) bond motifs is 2. The molecular formula is C26H35FN2O6. The summed E-state index contributed by atoms with van der Waals surface area (Å²) in [6.07, 6.45) is 4.75. The second-order valence-electron chi connectivity index (χ2n) is 9.84. The van der Waals surface area contributed by atoms with Crippen molar-refractivity contribution in [1.82, 2.24) is 4.90 Å². The summed E-state index contributed by atoms with van der Waals surface area (Å²) < 4.78 is 44.5. The predicted octanol–water partition coefficient (Wildman–Crippen LogP) is 3.41. The first-order valence-electron chi connectivity index (χ1n) is 12.4. The van der Waals surface area contributed by atoms with Crippen molar-refractivity contribution >= 4 is 11.7 Å². The molecule has 0 saturated carbocycles. The molecule has 0 spiro atoms. The summed E-state index contributed by atoms with van der Waals surface area (Å²) in [5, 5.41) is 3.46. The fourth-order valence-electron chi connectivity index (χ4n) is 6.99. The minimum atomic E-state index is -1.01. The molecule has 1 N–H and O–H groups in total. The smallest absolute Gasteiger partial charge is 0.337 e. The Morgan fingerprint density at radius 3 is 2.80 bits per heavy atom. The Morgan fingerprint density at radius 1 is 1.29 bits per heavy atom. The number of nitrogens with zero attached hydrogens (tertiary/aromatic N) is 1. The van der Waals surface area contributed by atoms with E-state index in [1.54, 1.807) is 20.3 Å². The van der Waals surface area contributed by atoms with Gasteiger partial charge in [0.2, 0.25) is 0 Å². The van der Waals surface area contributed by atoms with Gasteiger partial charge >= 0.3 is 5.97 Å². The van der Waals surface area contributed by atoms with E-state index >= 15 is 4.39 Å². The van der Waals surface area contributed by atoms with Gasteiger partial charge in [-0.05, 0) is 43.2 Å². The zero-order valence-corrected chi connectivity index (χ0v) is 20.9. The number of anilines is 1. The fourth-order valence-corrected chi connectivity index (χ4v) is 6.99. The Kier molecular flexibility index (Phi) is 6.44. The van der Waals surface area contributed by atoms with Crippen molar-refractivity contribution in [1.29, 1.82) is 0 Å². The van der Waals surface area contributed by atoms with Gasteiger partial charge in [0.1, 0.15) is 17.2 Å².